The number of nitriles is 1. The molecular weight excluding hydrogens is 202 g/mol. The van der Waals surface area contributed by atoms with Crippen molar-refractivity contribution in [3.05, 3.63) is 23.0 Å². The fraction of sp³-hybridized carbons (Fsp3) is 0.583. The van der Waals surface area contributed by atoms with Crippen molar-refractivity contribution in [1.29, 1.82) is 5.26 Å². The predicted molar refractivity (Wildman–Crippen MR) is 62.9 cm³/mol. The maximum Gasteiger partial charge on any atom is 0.120 e. The van der Waals surface area contributed by atoms with E-state index in [4.69, 9.17) is 10.4 Å². The molecule has 0 unspecified atom stereocenters. The molecule has 4 heteroatoms. The molecular formula is C12H19N3O. The number of rotatable bonds is 5. The molecule has 1 atom stereocenters. The number of hydrogen-bond acceptors (Lipinski definition) is 3. The Morgan fingerprint density at radius 1 is 1.62 bits per heavy atom. The van der Waals surface area contributed by atoms with E-state index in [0.717, 1.165) is 24.2 Å². The average Bonchev–Trinajstić information content (AvgIpc) is 2.54. The molecule has 0 amide bonds. The topological polar surface area (TPSA) is 61.0 Å². The lowest BCUT2D eigenvalue weighted by molar-refractivity contribution is 0.268. The predicted octanol–water partition coefficient (Wildman–Crippen LogP) is 1.07. The molecule has 0 bridgehead atoms. The summed E-state index contributed by atoms with van der Waals surface area (Å²) in [6.45, 7) is 4.99. The van der Waals surface area contributed by atoms with E-state index in [9.17, 15) is 0 Å². The number of hydrogen-bond donors (Lipinski definition) is 2. The van der Waals surface area contributed by atoms with Crippen LogP contribution in [0.4, 0.5) is 0 Å². The summed E-state index contributed by atoms with van der Waals surface area (Å²) < 4.78 is 1.90. The van der Waals surface area contributed by atoms with Crippen LogP contribution in [0.3, 0.4) is 0 Å². The molecule has 1 rings (SSSR count). The lowest BCUT2D eigenvalue weighted by atomic mass is 10.2. The van der Waals surface area contributed by atoms with E-state index in [1.165, 1.54) is 0 Å². The lowest BCUT2D eigenvalue weighted by Gasteiger charge is -2.12. The third-order valence-corrected chi connectivity index (χ3v) is 2.96. The van der Waals surface area contributed by atoms with Crippen molar-refractivity contribution in [3.63, 3.8) is 0 Å². The number of aliphatic hydroxyl groups is 1. The van der Waals surface area contributed by atoms with Crippen LogP contribution in [0.5, 0.6) is 0 Å². The summed E-state index contributed by atoms with van der Waals surface area (Å²) in [6, 6.07) is 4.36. The first-order chi connectivity index (χ1) is 7.60. The van der Waals surface area contributed by atoms with Gasteiger partial charge in [0.1, 0.15) is 11.8 Å². The van der Waals surface area contributed by atoms with Gasteiger partial charge in [-0.05, 0) is 31.9 Å². The Bertz CT molecular complexity index is 390. The summed E-state index contributed by atoms with van der Waals surface area (Å²) in [4.78, 5) is 0. The summed E-state index contributed by atoms with van der Waals surface area (Å²) in [5.74, 6) is 0. The minimum absolute atomic E-state index is 0.200. The van der Waals surface area contributed by atoms with Crippen LogP contribution < -0.4 is 5.32 Å². The van der Waals surface area contributed by atoms with E-state index >= 15 is 0 Å². The quantitative estimate of drug-likeness (QED) is 0.781. The Balaban J connectivity index is 2.65. The van der Waals surface area contributed by atoms with Gasteiger partial charge in [0.05, 0.1) is 0 Å². The summed E-state index contributed by atoms with van der Waals surface area (Å²) in [5.41, 5.74) is 2.94. The summed E-state index contributed by atoms with van der Waals surface area (Å²) >= 11 is 0. The number of aliphatic hydroxyl groups excluding tert-OH is 1. The van der Waals surface area contributed by atoms with E-state index < -0.39 is 0 Å². The molecule has 0 spiro atoms. The van der Waals surface area contributed by atoms with E-state index in [0.29, 0.717) is 5.69 Å². The first-order valence-corrected chi connectivity index (χ1v) is 5.49. The van der Waals surface area contributed by atoms with Crippen LogP contribution in [-0.2, 0) is 13.6 Å². The molecule has 0 aromatic carbocycles. The zero-order chi connectivity index (χ0) is 12.1. The largest absolute Gasteiger partial charge is 0.396 e. The van der Waals surface area contributed by atoms with Gasteiger partial charge in [-0.1, -0.05) is 0 Å². The van der Waals surface area contributed by atoms with Crippen LogP contribution in [0.15, 0.2) is 6.07 Å². The van der Waals surface area contributed by atoms with Crippen molar-refractivity contribution in [2.75, 3.05) is 6.61 Å². The molecule has 0 aliphatic rings. The third kappa shape index (κ3) is 2.84. The Kier molecular flexibility index (Phi) is 4.53. The SMILES string of the molecule is Cc1c(CN[C@H](C)CCO)cc(C#N)n1C. The lowest BCUT2D eigenvalue weighted by Crippen LogP contribution is -2.26. The monoisotopic (exact) mass is 221 g/mol. The van der Waals surface area contributed by atoms with Gasteiger partial charge in [0.25, 0.3) is 0 Å². The van der Waals surface area contributed by atoms with Crippen molar-refractivity contribution < 1.29 is 5.11 Å². The van der Waals surface area contributed by atoms with Gasteiger partial charge in [0.15, 0.2) is 0 Å². The van der Waals surface area contributed by atoms with E-state index in [2.05, 4.69) is 11.4 Å². The average molecular weight is 221 g/mol. The van der Waals surface area contributed by atoms with Crippen molar-refractivity contribution in [1.82, 2.24) is 9.88 Å². The molecule has 0 saturated carbocycles. The molecule has 1 heterocycles. The fourth-order valence-corrected chi connectivity index (χ4v) is 1.63. The van der Waals surface area contributed by atoms with Gasteiger partial charge in [-0.2, -0.15) is 5.26 Å². The van der Waals surface area contributed by atoms with Crippen molar-refractivity contribution in [2.45, 2.75) is 32.9 Å². The summed E-state index contributed by atoms with van der Waals surface area (Å²) in [6.07, 6.45) is 0.747. The molecule has 1 aromatic rings. The third-order valence-electron chi connectivity index (χ3n) is 2.96. The van der Waals surface area contributed by atoms with E-state index in [1.807, 2.05) is 31.5 Å². The Morgan fingerprint density at radius 2 is 2.31 bits per heavy atom. The highest BCUT2D eigenvalue weighted by molar-refractivity contribution is 5.34. The molecule has 88 valence electrons. The number of nitrogens with zero attached hydrogens (tertiary/aromatic N) is 2. The normalized spacial score (nSPS) is 12.4. The molecule has 16 heavy (non-hydrogen) atoms. The van der Waals surface area contributed by atoms with Gasteiger partial charge in [-0.15, -0.1) is 0 Å². The van der Waals surface area contributed by atoms with Crippen molar-refractivity contribution in [2.24, 2.45) is 7.05 Å². The smallest absolute Gasteiger partial charge is 0.120 e. The second-order valence-electron chi connectivity index (χ2n) is 4.11. The highest BCUT2D eigenvalue weighted by atomic mass is 16.3. The van der Waals surface area contributed by atoms with Crippen LogP contribution in [0.2, 0.25) is 0 Å². The van der Waals surface area contributed by atoms with Gasteiger partial charge < -0.3 is 15.0 Å². The van der Waals surface area contributed by atoms with E-state index in [-0.39, 0.29) is 12.6 Å². The maximum atomic E-state index is 8.89. The van der Waals surface area contributed by atoms with Gasteiger partial charge in [0, 0.05) is 31.9 Å². The minimum Gasteiger partial charge on any atom is -0.396 e. The van der Waals surface area contributed by atoms with Crippen molar-refractivity contribution in [3.8, 4) is 6.07 Å². The Labute approximate surface area is 96.5 Å². The van der Waals surface area contributed by atoms with Crippen LogP contribution in [0.25, 0.3) is 0 Å². The summed E-state index contributed by atoms with van der Waals surface area (Å²) in [7, 11) is 1.90. The van der Waals surface area contributed by atoms with E-state index in [1.54, 1.807) is 0 Å². The standard InChI is InChI=1S/C12H19N3O/c1-9(4-5-16)14-8-11-6-12(7-13)15(3)10(11)2/h6,9,14,16H,4-5,8H2,1-3H3/t9-/m1/s1. The van der Waals surface area contributed by atoms with Crippen LogP contribution in [-0.4, -0.2) is 22.3 Å². The molecule has 0 saturated heterocycles. The molecule has 0 aliphatic carbocycles. The first-order valence-electron chi connectivity index (χ1n) is 5.49. The minimum atomic E-state index is 0.200. The number of nitrogens with one attached hydrogen (secondary N) is 1. The molecule has 1 aromatic heterocycles. The van der Waals surface area contributed by atoms with Gasteiger partial charge in [-0.25, -0.2) is 0 Å². The molecule has 0 aliphatic heterocycles. The van der Waals surface area contributed by atoms with Gasteiger partial charge >= 0.3 is 0 Å². The fourth-order valence-electron chi connectivity index (χ4n) is 1.63. The summed E-state index contributed by atoms with van der Waals surface area (Å²) in [5, 5.41) is 21.0. The van der Waals surface area contributed by atoms with Crippen molar-refractivity contribution >= 4 is 0 Å². The molecule has 0 fully saturated rings. The zero-order valence-electron chi connectivity index (χ0n) is 10.1. The maximum absolute atomic E-state index is 8.89. The highest BCUT2D eigenvalue weighted by Crippen LogP contribution is 2.13. The zero-order valence-corrected chi connectivity index (χ0v) is 10.1. The molecule has 4 nitrogen and oxygen atoms in total. The molecule has 0 radical (unpaired) electrons. The van der Waals surface area contributed by atoms with Crippen LogP contribution >= 0.6 is 0 Å². The Hall–Kier alpha value is -1.31. The van der Waals surface area contributed by atoms with Crippen LogP contribution in [0, 0.1) is 18.3 Å². The second kappa shape index (κ2) is 5.69. The Morgan fingerprint density at radius 3 is 2.81 bits per heavy atom. The van der Waals surface area contributed by atoms with Gasteiger partial charge in [0.2, 0.25) is 0 Å². The van der Waals surface area contributed by atoms with Gasteiger partial charge in [-0.3, -0.25) is 0 Å². The first kappa shape index (κ1) is 12.8. The second-order valence-corrected chi connectivity index (χ2v) is 4.11. The molecule has 2 N–H and O–H groups in total. The van der Waals surface area contributed by atoms with Crippen LogP contribution in [0.1, 0.15) is 30.3 Å². The highest BCUT2D eigenvalue weighted by Gasteiger charge is 2.09. The number of aromatic nitrogens is 1.